The van der Waals surface area contributed by atoms with Crippen LogP contribution in [0.4, 0.5) is 17.1 Å². The van der Waals surface area contributed by atoms with Crippen LogP contribution < -0.4 is 14.5 Å². The van der Waals surface area contributed by atoms with E-state index >= 15 is 0 Å². The molecular weight excluding hydrogens is 654 g/mol. The lowest BCUT2D eigenvalue weighted by Crippen LogP contribution is -2.44. The Balaban J connectivity index is 1.25. The third kappa shape index (κ3) is 7.49. The molecule has 0 radical (unpaired) electrons. The van der Waals surface area contributed by atoms with Crippen molar-refractivity contribution in [3.05, 3.63) is 131 Å². The Morgan fingerprint density at radius 2 is 1.75 bits per heavy atom. The Morgan fingerprint density at radius 1 is 0.981 bits per heavy atom. The number of carbonyl (C=O) groups is 2. The molecule has 1 unspecified atom stereocenters. The van der Waals surface area contributed by atoms with Crippen molar-refractivity contribution in [1.82, 2.24) is 15.0 Å². The van der Waals surface area contributed by atoms with Gasteiger partial charge < -0.3 is 19.8 Å². The van der Waals surface area contributed by atoms with Gasteiger partial charge in [-0.05, 0) is 75.9 Å². The summed E-state index contributed by atoms with van der Waals surface area (Å²) in [5, 5.41) is 31.1. The van der Waals surface area contributed by atoms with Crippen LogP contribution in [0.5, 0.6) is 5.75 Å². The number of ether oxygens (including phenoxy) is 1. The van der Waals surface area contributed by atoms with Crippen molar-refractivity contribution in [3.63, 3.8) is 0 Å². The van der Waals surface area contributed by atoms with E-state index < -0.39 is 17.4 Å². The largest absolute Gasteiger partial charge is 0.482 e. The Kier molecular flexibility index (Phi) is 11.2. The van der Waals surface area contributed by atoms with Gasteiger partial charge >= 0.3 is 0 Å². The van der Waals surface area contributed by atoms with Gasteiger partial charge in [0, 0.05) is 36.5 Å². The van der Waals surface area contributed by atoms with Crippen molar-refractivity contribution >= 4 is 28.9 Å². The van der Waals surface area contributed by atoms with Crippen LogP contribution >= 0.6 is 0 Å². The molecule has 10 nitrogen and oxygen atoms in total. The minimum atomic E-state index is -1.87. The molecule has 0 saturated heterocycles. The van der Waals surface area contributed by atoms with Crippen molar-refractivity contribution in [3.8, 4) is 5.75 Å². The normalized spacial score (nSPS) is 18.3. The lowest BCUT2D eigenvalue weighted by Gasteiger charge is -2.31. The van der Waals surface area contributed by atoms with Gasteiger partial charge in [0.05, 0.1) is 29.6 Å². The maximum atomic E-state index is 14.3. The highest BCUT2D eigenvalue weighted by atomic mass is 16.5. The number of carbonyl (C=O) groups excluding carboxylic acids is 2. The van der Waals surface area contributed by atoms with E-state index in [4.69, 9.17) is 4.74 Å². The molecule has 2 aliphatic rings. The van der Waals surface area contributed by atoms with E-state index in [0.29, 0.717) is 53.6 Å². The van der Waals surface area contributed by atoms with Gasteiger partial charge in [-0.3, -0.25) is 19.2 Å². The molecule has 3 aromatic carbocycles. The van der Waals surface area contributed by atoms with E-state index in [1.165, 1.54) is 5.57 Å². The van der Waals surface area contributed by atoms with Crippen LogP contribution in [0.15, 0.2) is 114 Å². The quantitative estimate of drug-likeness (QED) is 0.136. The summed E-state index contributed by atoms with van der Waals surface area (Å²) in [7, 11) is 0. The van der Waals surface area contributed by atoms with E-state index in [-0.39, 0.29) is 25.0 Å². The molecule has 52 heavy (non-hydrogen) atoms. The number of benzene rings is 3. The van der Waals surface area contributed by atoms with Gasteiger partial charge in [0.15, 0.2) is 12.2 Å². The van der Waals surface area contributed by atoms with Gasteiger partial charge in [-0.25, -0.2) is 0 Å². The summed E-state index contributed by atoms with van der Waals surface area (Å²) in [5.74, 6) is -0.921. The van der Waals surface area contributed by atoms with Gasteiger partial charge in [-0.15, -0.1) is 5.10 Å². The number of para-hydroxylation sites is 2. The second kappa shape index (κ2) is 15.9. The Hall–Kier alpha value is -5.32. The topological polar surface area (TPSA) is 121 Å². The summed E-state index contributed by atoms with van der Waals surface area (Å²) in [6, 6.07) is 22.5. The fourth-order valence-electron chi connectivity index (χ4n) is 6.86. The van der Waals surface area contributed by atoms with Crippen molar-refractivity contribution in [2.75, 3.05) is 29.6 Å². The summed E-state index contributed by atoms with van der Waals surface area (Å²) >= 11 is 0. The predicted molar refractivity (Wildman–Crippen MR) is 203 cm³/mol. The molecule has 0 saturated carbocycles. The van der Waals surface area contributed by atoms with E-state index in [0.717, 1.165) is 24.0 Å². The highest BCUT2D eigenvalue weighted by molar-refractivity contribution is 6.09. The monoisotopic (exact) mass is 701 g/mol. The number of aliphatic hydroxyl groups is 2. The maximum Gasteiger partial charge on any atom is 0.269 e. The molecule has 1 aromatic heterocycles. The molecule has 3 heterocycles. The highest BCUT2D eigenvalue weighted by Gasteiger charge is 2.52. The molecule has 10 heteroatoms. The Bertz CT molecular complexity index is 2000. The number of anilines is 3. The summed E-state index contributed by atoms with van der Waals surface area (Å²) in [5.41, 5.74) is 4.44. The first-order valence-electron chi connectivity index (χ1n) is 17.9. The molecule has 2 aliphatic heterocycles. The molecule has 0 bridgehead atoms. The fourth-order valence-corrected chi connectivity index (χ4v) is 6.86. The zero-order chi connectivity index (χ0) is 36.8. The van der Waals surface area contributed by atoms with Crippen LogP contribution in [0.2, 0.25) is 0 Å². The van der Waals surface area contributed by atoms with Crippen molar-refractivity contribution in [1.29, 1.82) is 0 Å². The lowest BCUT2D eigenvalue weighted by atomic mass is 9.82. The van der Waals surface area contributed by atoms with E-state index in [2.05, 4.69) is 37.2 Å². The number of aliphatic hydroxyl groups excluding tert-OH is 1. The number of nitrogens with zero attached hydrogens (tertiary/aromatic N) is 5. The van der Waals surface area contributed by atoms with Crippen LogP contribution in [0, 0.1) is 5.92 Å². The molecule has 6 rings (SSSR count). The molecule has 2 N–H and O–H groups in total. The number of hydrogen-bond acceptors (Lipinski definition) is 7. The highest BCUT2D eigenvalue weighted by Crippen LogP contribution is 2.48. The minimum absolute atomic E-state index is 0.0790. The second-order valence-corrected chi connectivity index (χ2v) is 13.8. The first kappa shape index (κ1) is 36.5. The van der Waals surface area contributed by atoms with Crippen molar-refractivity contribution in [2.24, 2.45) is 5.92 Å². The number of allylic oxidation sites excluding steroid dienone is 4. The molecule has 0 spiro atoms. The minimum Gasteiger partial charge on any atom is -0.482 e. The zero-order valence-corrected chi connectivity index (χ0v) is 30.3. The van der Waals surface area contributed by atoms with Gasteiger partial charge in [-0.1, -0.05) is 90.1 Å². The average molecular weight is 702 g/mol. The molecule has 0 aliphatic carbocycles. The van der Waals surface area contributed by atoms with Crippen molar-refractivity contribution in [2.45, 2.75) is 65.0 Å². The summed E-state index contributed by atoms with van der Waals surface area (Å²) in [6.07, 6.45) is 12.3. The first-order chi connectivity index (χ1) is 25.1. The van der Waals surface area contributed by atoms with Crippen LogP contribution in [0.25, 0.3) is 0 Å². The standard InChI is InChI=1S/C42H47N5O5/c1-29(2)13-12-14-30(3)22-24-46-37-21-20-33(47-38-18-8-9-19-39(38)52-28-40(47)49)25-35(37)42(51,41(46)50)31(4)15-10-11-23-45-26-36(43-44-45)34(27-48)32-16-6-5-7-17-32/h5-10,13,15-22,25-26,31,34,48,51H,11-12,14,23-24,27-28H2,1-4H3/b15-10+,30-22+/t31-,34?,42+/m1/s1. The number of amides is 2. The molecule has 0 fully saturated rings. The summed E-state index contributed by atoms with van der Waals surface area (Å²) in [6.45, 7) is 8.71. The van der Waals surface area contributed by atoms with E-state index in [9.17, 15) is 19.8 Å². The summed E-state index contributed by atoms with van der Waals surface area (Å²) in [4.78, 5) is 30.8. The third-order valence-electron chi connectivity index (χ3n) is 9.84. The number of aryl methyl sites for hydroxylation is 1. The molecule has 2 amide bonds. The van der Waals surface area contributed by atoms with Crippen LogP contribution in [0.3, 0.4) is 0 Å². The SMILES string of the molecule is CC(C)=CCC/C(C)=C/CN1C(=O)[C@](O)([C@H](C)/C=C/CCn2cc(C(CO)c3ccccc3)nn2)c2cc(N3C(=O)COc4ccccc43)ccc21. The predicted octanol–water partition coefficient (Wildman–Crippen LogP) is 6.97. The lowest BCUT2D eigenvalue weighted by molar-refractivity contribution is -0.139. The van der Waals surface area contributed by atoms with Crippen LogP contribution in [0.1, 0.15) is 69.7 Å². The molecular formula is C42H47N5O5. The molecule has 4 aromatic rings. The van der Waals surface area contributed by atoms with Crippen molar-refractivity contribution < 1.29 is 24.5 Å². The smallest absolute Gasteiger partial charge is 0.269 e. The number of rotatable bonds is 14. The van der Waals surface area contributed by atoms with Gasteiger partial charge in [0.25, 0.3) is 11.8 Å². The zero-order valence-electron chi connectivity index (χ0n) is 30.3. The fraction of sp³-hybridized carbons (Fsp3) is 0.333. The molecule has 270 valence electrons. The average Bonchev–Trinajstić information content (AvgIpc) is 3.69. The number of hydrogen-bond donors (Lipinski definition) is 2. The summed E-state index contributed by atoms with van der Waals surface area (Å²) < 4.78 is 7.41. The number of fused-ring (bicyclic) bond motifs is 2. The van der Waals surface area contributed by atoms with Gasteiger partial charge in [0.1, 0.15) is 5.75 Å². The number of aromatic nitrogens is 3. The van der Waals surface area contributed by atoms with Gasteiger partial charge in [-0.2, -0.15) is 0 Å². The molecule has 3 atom stereocenters. The van der Waals surface area contributed by atoms with Gasteiger partial charge in [0.2, 0.25) is 0 Å². The van der Waals surface area contributed by atoms with E-state index in [1.54, 1.807) is 20.5 Å². The first-order valence-corrected chi connectivity index (χ1v) is 17.9. The Labute approximate surface area is 305 Å². The van der Waals surface area contributed by atoms with Crippen LogP contribution in [-0.2, 0) is 21.7 Å². The third-order valence-corrected chi connectivity index (χ3v) is 9.84. The Morgan fingerprint density at radius 3 is 2.52 bits per heavy atom. The maximum absolute atomic E-state index is 14.3. The van der Waals surface area contributed by atoms with E-state index in [1.807, 2.05) is 98.1 Å². The second-order valence-electron chi connectivity index (χ2n) is 13.8. The van der Waals surface area contributed by atoms with Crippen LogP contribution in [-0.4, -0.2) is 56.8 Å².